The summed E-state index contributed by atoms with van der Waals surface area (Å²) in [6, 6.07) is 38.1. The van der Waals surface area contributed by atoms with Crippen LogP contribution in [0.15, 0.2) is 183 Å². The van der Waals surface area contributed by atoms with Crippen LogP contribution in [0.4, 0.5) is 41.9 Å². The molecule has 12 rings (SSSR count). The fourth-order valence-electron chi connectivity index (χ4n) is 8.15. The van der Waals surface area contributed by atoms with Crippen molar-refractivity contribution in [3.63, 3.8) is 0 Å². The van der Waals surface area contributed by atoms with Gasteiger partial charge in [-0.2, -0.15) is 0 Å². The molecule has 0 aliphatic rings. The summed E-state index contributed by atoms with van der Waals surface area (Å²) in [5.41, 5.74) is 17.8. The van der Waals surface area contributed by atoms with E-state index < -0.39 is 27.2 Å². The van der Waals surface area contributed by atoms with E-state index in [0.717, 1.165) is 23.5 Å². The highest BCUT2D eigenvalue weighted by molar-refractivity contribution is 6.31. The number of nitrogens with zero attached hydrogens (tertiary/aromatic N) is 14. The van der Waals surface area contributed by atoms with Crippen LogP contribution in [0, 0.1) is 37.7 Å². The van der Waals surface area contributed by atoms with E-state index in [4.69, 9.17) is 23.1 Å². The molecule has 0 unspecified atom stereocenters. The van der Waals surface area contributed by atoms with Crippen LogP contribution in [-0.4, -0.2) is 67.9 Å². The summed E-state index contributed by atoms with van der Waals surface area (Å²) < 4.78 is 45.0. The molecule has 418 valence electrons. The van der Waals surface area contributed by atoms with Gasteiger partial charge in [0, 0.05) is 24.6 Å². The summed E-state index contributed by atoms with van der Waals surface area (Å²) in [5, 5.41) is 28.2. The van der Waals surface area contributed by atoms with Gasteiger partial charge in [0.05, 0.1) is 52.4 Å². The van der Waals surface area contributed by atoms with Crippen LogP contribution in [0.3, 0.4) is 0 Å². The second-order valence-corrected chi connectivity index (χ2v) is 18.6. The number of imidazole rings is 3. The summed E-state index contributed by atoms with van der Waals surface area (Å²) in [4.78, 5) is 58.3. The van der Waals surface area contributed by atoms with E-state index in [1.807, 2.05) is 112 Å². The zero-order valence-corrected chi connectivity index (χ0v) is 44.9. The molecule has 6 N–H and O–H groups in total. The first-order valence-electron chi connectivity index (χ1n) is 25.1. The molecule has 12 aromatic rings. The van der Waals surface area contributed by atoms with Crippen molar-refractivity contribution in [3.8, 4) is 34.6 Å². The van der Waals surface area contributed by atoms with Gasteiger partial charge in [0.2, 0.25) is 11.0 Å². The van der Waals surface area contributed by atoms with Crippen LogP contribution < -0.4 is 22.1 Å². The van der Waals surface area contributed by atoms with Crippen LogP contribution in [0.2, 0.25) is 5.15 Å². The van der Waals surface area contributed by atoms with E-state index in [9.17, 15) is 33.4 Å². The van der Waals surface area contributed by atoms with Gasteiger partial charge in [0.15, 0.2) is 23.3 Å². The van der Waals surface area contributed by atoms with Gasteiger partial charge in [-0.15, -0.1) is 0 Å². The first-order chi connectivity index (χ1) is 40.0. The van der Waals surface area contributed by atoms with Gasteiger partial charge in [0.25, 0.3) is 0 Å². The fourth-order valence-corrected chi connectivity index (χ4v) is 8.34. The molecule has 0 amide bonds. The Morgan fingerprint density at radius 3 is 1.23 bits per heavy atom. The van der Waals surface area contributed by atoms with Crippen molar-refractivity contribution >= 4 is 57.2 Å². The summed E-state index contributed by atoms with van der Waals surface area (Å²) >= 11 is 5.73. The number of nitrogens with one attached hydrogen (secondary N) is 2. The predicted octanol–water partition coefficient (Wildman–Crippen LogP) is 11.9. The minimum Gasteiger partial charge on any atom is -0.394 e. The van der Waals surface area contributed by atoms with E-state index in [2.05, 4.69) is 55.5 Å². The molecule has 0 aliphatic carbocycles. The van der Waals surface area contributed by atoms with Crippen LogP contribution >= 0.6 is 11.6 Å². The van der Waals surface area contributed by atoms with Crippen molar-refractivity contribution in [1.29, 1.82) is 0 Å². The Labute approximate surface area is 474 Å². The summed E-state index contributed by atoms with van der Waals surface area (Å²) in [6.07, 6.45) is 12.1. The average Bonchev–Trinajstić information content (AvgIpc) is 4.18. The van der Waals surface area contributed by atoms with Crippen molar-refractivity contribution in [2.45, 2.75) is 38.9 Å². The van der Waals surface area contributed by atoms with Gasteiger partial charge in [-0.3, -0.25) is 33.4 Å². The lowest BCUT2D eigenvalue weighted by molar-refractivity contribution is -0.385. The highest BCUT2D eigenvalue weighted by Crippen LogP contribution is 2.30. The molecule has 0 bridgehead atoms. The lowest BCUT2D eigenvalue weighted by Gasteiger charge is -2.16. The number of hydrogen-bond acceptors (Lipinski definition) is 17. The molecule has 9 aromatic heterocycles. The number of nitro groups is 2. The Kier molecular flexibility index (Phi) is 17.5. The minimum atomic E-state index is -0.680. The number of hydrogen-bond donors (Lipinski definition) is 4. The molecule has 83 heavy (non-hydrogen) atoms. The van der Waals surface area contributed by atoms with Crippen molar-refractivity contribution in [1.82, 2.24) is 58.1 Å². The molecular formula is C57H48ClF3N18O4. The normalized spacial score (nSPS) is 12.0. The average molecular weight is 1140 g/mol. The van der Waals surface area contributed by atoms with E-state index in [1.54, 1.807) is 22.9 Å². The van der Waals surface area contributed by atoms with Gasteiger partial charge in [-0.1, -0.05) is 103 Å². The third-order valence-corrected chi connectivity index (χ3v) is 12.7. The Morgan fingerprint density at radius 1 is 0.482 bits per heavy atom. The van der Waals surface area contributed by atoms with E-state index >= 15 is 0 Å². The number of nitrogens with two attached hydrogens (primary N) is 2. The molecule has 3 atom stereocenters. The molecule has 26 heteroatoms. The molecule has 0 saturated carbocycles. The zero-order chi connectivity index (χ0) is 58.7. The van der Waals surface area contributed by atoms with Crippen LogP contribution in [0.25, 0.3) is 51.5 Å². The summed E-state index contributed by atoms with van der Waals surface area (Å²) in [5.74, 6) is 0.0957. The smallest absolute Gasteiger partial charge is 0.329 e. The topological polar surface area (TPSA) is 292 Å². The Balaban J connectivity index is 0.000000140. The molecule has 0 fully saturated rings. The van der Waals surface area contributed by atoms with Gasteiger partial charge in [-0.25, -0.2) is 58.0 Å². The molecular weight excluding hydrogens is 1090 g/mol. The number of nitrogen functional groups attached to an aromatic ring is 1. The second kappa shape index (κ2) is 25.6. The molecule has 22 nitrogen and oxygen atoms in total. The number of benzene rings is 3. The molecule has 9 heterocycles. The highest BCUT2D eigenvalue weighted by atomic mass is 35.5. The molecule has 0 spiro atoms. The number of fused-ring (bicyclic) bond motifs is 3. The standard InChI is InChI=1S/C19H15FN6O2.C19H17FN6.C11H5ClFN5O2.C8H11N/c1-12(13-5-3-2-4-6-13)23-19-16(26(27)28)10-22-18(24-19)15-9-21-17-8-7-14(20)11-25(15)17;1-12(13-5-3-2-4-6-13)24-18-15(21)9-23-19(25-18)16-10-22-17-8-7-14(20)11-26(16)17;12-10-7(18(19)20)3-15-11(16-10)8-4-14-9-2-1-6(13)5-17(8)9;1-7(9)8-5-3-2-4-6-8/h2-12H,1H3,(H,22,23,24);2-12H,21H2,1H3,(H,23,24,25);1-5H;2-7H,9H2,1H3/t2*12-;;7-/m00.0/s1. The van der Waals surface area contributed by atoms with Crippen LogP contribution in [0.5, 0.6) is 0 Å². The molecule has 0 saturated heterocycles. The van der Waals surface area contributed by atoms with Crippen LogP contribution in [0.1, 0.15) is 55.6 Å². The summed E-state index contributed by atoms with van der Waals surface area (Å²) in [7, 11) is 0. The van der Waals surface area contributed by atoms with Crippen molar-refractivity contribution < 1.29 is 23.0 Å². The largest absolute Gasteiger partial charge is 0.394 e. The Hall–Kier alpha value is -10.8. The number of rotatable bonds is 12. The minimum absolute atomic E-state index is 0.0147. The number of anilines is 3. The summed E-state index contributed by atoms with van der Waals surface area (Å²) in [6.45, 7) is 5.89. The van der Waals surface area contributed by atoms with E-state index in [0.29, 0.717) is 51.4 Å². The Bertz CT molecular complexity index is 4230. The quantitative estimate of drug-likeness (QED) is 0.0502. The third-order valence-electron chi connectivity index (χ3n) is 12.4. The molecule has 0 radical (unpaired) electrons. The van der Waals surface area contributed by atoms with E-state index in [-0.39, 0.29) is 52.2 Å². The van der Waals surface area contributed by atoms with Crippen molar-refractivity contribution in [2.24, 2.45) is 5.73 Å². The third kappa shape index (κ3) is 13.6. The first kappa shape index (κ1) is 56.9. The first-order valence-corrected chi connectivity index (χ1v) is 25.5. The second-order valence-electron chi connectivity index (χ2n) is 18.2. The maximum absolute atomic E-state index is 13.6. The lowest BCUT2D eigenvalue weighted by Crippen LogP contribution is -2.11. The zero-order valence-electron chi connectivity index (χ0n) is 44.1. The maximum Gasteiger partial charge on any atom is 0.329 e. The molecule has 0 aliphatic heterocycles. The van der Waals surface area contributed by atoms with E-state index in [1.165, 1.54) is 75.7 Å². The van der Waals surface area contributed by atoms with Crippen molar-refractivity contribution in [3.05, 3.63) is 243 Å². The highest BCUT2D eigenvalue weighted by Gasteiger charge is 2.23. The van der Waals surface area contributed by atoms with Gasteiger partial charge in [-0.05, 0) is 73.9 Å². The monoisotopic (exact) mass is 1140 g/mol. The number of aromatic nitrogens is 12. The predicted molar refractivity (Wildman–Crippen MR) is 307 cm³/mol. The number of halogens is 4. The SMILES string of the molecule is C[C@H](N)c1ccccc1.C[C@H](Nc1nc(-c2cnc3ccc(F)cn23)ncc1N)c1ccccc1.C[C@H](Nc1nc(-c2cnc3ccc(F)cn23)ncc1[N+](=O)[O-])c1ccccc1.O=[N+]([O-])c1cnc(-c2cnc3ccc(F)cn23)nc1Cl. The van der Waals surface area contributed by atoms with Gasteiger partial charge in [0.1, 0.15) is 63.9 Å². The molecule has 3 aromatic carbocycles. The van der Waals surface area contributed by atoms with Gasteiger partial charge < -0.3 is 22.1 Å². The lowest BCUT2D eigenvalue weighted by atomic mass is 10.1. The number of pyridine rings is 3. The fraction of sp³-hybridized carbons (Fsp3) is 0.105. The van der Waals surface area contributed by atoms with Crippen LogP contribution in [-0.2, 0) is 0 Å². The Morgan fingerprint density at radius 2 is 0.843 bits per heavy atom. The van der Waals surface area contributed by atoms with Crippen molar-refractivity contribution in [2.75, 3.05) is 16.4 Å². The maximum atomic E-state index is 13.6. The van der Waals surface area contributed by atoms with Gasteiger partial charge >= 0.3 is 11.4 Å².